The van der Waals surface area contributed by atoms with Crippen LogP contribution in [0.25, 0.3) is 0 Å². The molecule has 1 saturated heterocycles. The Morgan fingerprint density at radius 2 is 2.05 bits per heavy atom. The van der Waals surface area contributed by atoms with Crippen LogP contribution in [0.3, 0.4) is 0 Å². The molecule has 3 rings (SSSR count). The highest BCUT2D eigenvalue weighted by molar-refractivity contribution is 5.31. The molecule has 2 atom stereocenters. The number of nitrogens with one attached hydrogen (secondary N) is 1. The van der Waals surface area contributed by atoms with Gasteiger partial charge in [0, 0.05) is 25.7 Å². The van der Waals surface area contributed by atoms with Crippen molar-refractivity contribution in [3.05, 3.63) is 35.4 Å². The number of fused-ring (bicyclic) bond motifs is 1. The van der Waals surface area contributed by atoms with Gasteiger partial charge in [-0.2, -0.15) is 0 Å². The van der Waals surface area contributed by atoms with E-state index in [4.69, 9.17) is 9.47 Å². The predicted octanol–water partition coefficient (Wildman–Crippen LogP) is 1.57. The number of rotatable bonds is 4. The quantitative estimate of drug-likeness (QED) is 0.905. The minimum absolute atomic E-state index is 0.316. The van der Waals surface area contributed by atoms with Gasteiger partial charge in [-0.25, -0.2) is 0 Å². The third-order valence-corrected chi connectivity index (χ3v) is 4.09. The second-order valence-corrected chi connectivity index (χ2v) is 5.75. The SMILES string of the molecule is CC(CN1CCOCC1)NC1COCc2ccccc21. The fourth-order valence-electron chi connectivity index (χ4n) is 3.09. The van der Waals surface area contributed by atoms with Crippen molar-refractivity contribution in [1.82, 2.24) is 10.2 Å². The molecule has 1 N–H and O–H groups in total. The number of hydrogen-bond donors (Lipinski definition) is 1. The van der Waals surface area contributed by atoms with E-state index in [-0.39, 0.29) is 0 Å². The van der Waals surface area contributed by atoms with Gasteiger partial charge in [0.2, 0.25) is 0 Å². The van der Waals surface area contributed by atoms with E-state index in [9.17, 15) is 0 Å². The van der Waals surface area contributed by atoms with Crippen molar-refractivity contribution in [1.29, 1.82) is 0 Å². The normalized spacial score (nSPS) is 25.1. The van der Waals surface area contributed by atoms with Crippen LogP contribution >= 0.6 is 0 Å². The second-order valence-electron chi connectivity index (χ2n) is 5.75. The molecule has 4 heteroatoms. The van der Waals surface area contributed by atoms with Crippen molar-refractivity contribution in [3.8, 4) is 0 Å². The van der Waals surface area contributed by atoms with Crippen LogP contribution in [-0.4, -0.2) is 50.4 Å². The third kappa shape index (κ3) is 3.38. The number of morpholine rings is 1. The number of benzene rings is 1. The van der Waals surface area contributed by atoms with Crippen molar-refractivity contribution >= 4 is 0 Å². The Hall–Kier alpha value is -0.940. The maximum absolute atomic E-state index is 5.70. The van der Waals surface area contributed by atoms with Gasteiger partial charge in [-0.15, -0.1) is 0 Å². The van der Waals surface area contributed by atoms with Gasteiger partial charge >= 0.3 is 0 Å². The van der Waals surface area contributed by atoms with E-state index < -0.39 is 0 Å². The lowest BCUT2D eigenvalue weighted by Gasteiger charge is -2.33. The highest BCUT2D eigenvalue weighted by Crippen LogP contribution is 2.24. The van der Waals surface area contributed by atoms with Crippen LogP contribution in [0.1, 0.15) is 24.1 Å². The zero-order valence-electron chi connectivity index (χ0n) is 12.2. The fourth-order valence-corrected chi connectivity index (χ4v) is 3.09. The summed E-state index contributed by atoms with van der Waals surface area (Å²) in [6.07, 6.45) is 0. The Morgan fingerprint density at radius 1 is 1.25 bits per heavy atom. The first-order chi connectivity index (χ1) is 9.83. The molecule has 4 nitrogen and oxygen atoms in total. The van der Waals surface area contributed by atoms with Gasteiger partial charge in [-0.1, -0.05) is 24.3 Å². The Kier molecular flexibility index (Phi) is 4.68. The zero-order chi connectivity index (χ0) is 13.8. The molecule has 2 aliphatic heterocycles. The summed E-state index contributed by atoms with van der Waals surface area (Å²) < 4.78 is 11.1. The number of ether oxygens (including phenoxy) is 2. The summed E-state index contributed by atoms with van der Waals surface area (Å²) in [5.41, 5.74) is 2.71. The first-order valence-corrected chi connectivity index (χ1v) is 7.54. The Morgan fingerprint density at radius 3 is 2.90 bits per heavy atom. The van der Waals surface area contributed by atoms with Gasteiger partial charge in [0.05, 0.1) is 32.5 Å². The molecule has 0 bridgehead atoms. The van der Waals surface area contributed by atoms with Gasteiger partial charge in [0.25, 0.3) is 0 Å². The molecule has 2 unspecified atom stereocenters. The van der Waals surface area contributed by atoms with Crippen molar-refractivity contribution in [2.24, 2.45) is 0 Å². The summed E-state index contributed by atoms with van der Waals surface area (Å²) >= 11 is 0. The maximum Gasteiger partial charge on any atom is 0.0721 e. The number of nitrogens with zero attached hydrogens (tertiary/aromatic N) is 1. The average Bonchev–Trinajstić information content (AvgIpc) is 2.48. The molecular formula is C16H24N2O2. The van der Waals surface area contributed by atoms with Crippen LogP contribution in [0.5, 0.6) is 0 Å². The molecule has 20 heavy (non-hydrogen) atoms. The van der Waals surface area contributed by atoms with Crippen LogP contribution in [0.15, 0.2) is 24.3 Å². The van der Waals surface area contributed by atoms with Crippen molar-refractivity contribution < 1.29 is 9.47 Å². The molecule has 2 heterocycles. The van der Waals surface area contributed by atoms with Crippen LogP contribution in [0, 0.1) is 0 Å². The summed E-state index contributed by atoms with van der Waals surface area (Å²) in [6.45, 7) is 8.66. The van der Waals surface area contributed by atoms with Crippen LogP contribution < -0.4 is 5.32 Å². The van der Waals surface area contributed by atoms with E-state index in [1.54, 1.807) is 0 Å². The minimum atomic E-state index is 0.316. The molecule has 0 radical (unpaired) electrons. The topological polar surface area (TPSA) is 33.7 Å². The summed E-state index contributed by atoms with van der Waals surface area (Å²) in [5, 5.41) is 3.71. The van der Waals surface area contributed by atoms with E-state index in [0.29, 0.717) is 12.1 Å². The molecule has 0 saturated carbocycles. The molecule has 2 aliphatic rings. The summed E-state index contributed by atoms with van der Waals surface area (Å²) in [7, 11) is 0. The summed E-state index contributed by atoms with van der Waals surface area (Å²) in [6, 6.07) is 9.35. The fraction of sp³-hybridized carbons (Fsp3) is 0.625. The first kappa shape index (κ1) is 14.0. The van der Waals surface area contributed by atoms with Gasteiger partial charge in [0.15, 0.2) is 0 Å². The smallest absolute Gasteiger partial charge is 0.0721 e. The van der Waals surface area contributed by atoms with E-state index in [0.717, 1.165) is 46.1 Å². The molecule has 110 valence electrons. The zero-order valence-corrected chi connectivity index (χ0v) is 12.2. The standard InChI is InChI=1S/C16H24N2O2/c1-13(10-18-6-8-19-9-7-18)17-16-12-20-11-14-4-2-3-5-15(14)16/h2-5,13,16-17H,6-12H2,1H3. The molecule has 0 aromatic heterocycles. The molecular weight excluding hydrogens is 252 g/mol. The van der Waals surface area contributed by atoms with Crippen LogP contribution in [0.4, 0.5) is 0 Å². The molecule has 1 aromatic carbocycles. The lowest BCUT2D eigenvalue weighted by Crippen LogP contribution is -2.46. The average molecular weight is 276 g/mol. The largest absolute Gasteiger partial charge is 0.379 e. The Labute approximate surface area is 121 Å². The van der Waals surface area contributed by atoms with Gasteiger partial charge in [-0.3, -0.25) is 4.90 Å². The van der Waals surface area contributed by atoms with Crippen molar-refractivity contribution in [3.63, 3.8) is 0 Å². The van der Waals surface area contributed by atoms with Crippen molar-refractivity contribution in [2.75, 3.05) is 39.5 Å². The van der Waals surface area contributed by atoms with E-state index in [1.807, 2.05) is 0 Å². The predicted molar refractivity (Wildman–Crippen MR) is 78.7 cm³/mol. The molecule has 1 aromatic rings. The van der Waals surface area contributed by atoms with Gasteiger partial charge in [0.1, 0.15) is 0 Å². The lowest BCUT2D eigenvalue weighted by atomic mass is 9.98. The molecule has 0 spiro atoms. The highest BCUT2D eigenvalue weighted by atomic mass is 16.5. The molecule has 0 aliphatic carbocycles. The van der Waals surface area contributed by atoms with E-state index in [1.165, 1.54) is 11.1 Å². The number of hydrogen-bond acceptors (Lipinski definition) is 4. The second kappa shape index (κ2) is 6.68. The third-order valence-electron chi connectivity index (χ3n) is 4.09. The summed E-state index contributed by atoms with van der Waals surface area (Å²) in [5.74, 6) is 0. The minimum Gasteiger partial charge on any atom is -0.379 e. The van der Waals surface area contributed by atoms with Crippen LogP contribution in [-0.2, 0) is 16.1 Å². The first-order valence-electron chi connectivity index (χ1n) is 7.54. The lowest BCUT2D eigenvalue weighted by molar-refractivity contribution is 0.0310. The Bertz CT molecular complexity index is 432. The summed E-state index contributed by atoms with van der Waals surface area (Å²) in [4.78, 5) is 2.47. The van der Waals surface area contributed by atoms with E-state index >= 15 is 0 Å². The highest BCUT2D eigenvalue weighted by Gasteiger charge is 2.22. The van der Waals surface area contributed by atoms with Crippen molar-refractivity contribution in [2.45, 2.75) is 25.6 Å². The maximum atomic E-state index is 5.70. The van der Waals surface area contributed by atoms with Gasteiger partial charge in [-0.05, 0) is 18.1 Å². The van der Waals surface area contributed by atoms with E-state index in [2.05, 4.69) is 41.4 Å². The monoisotopic (exact) mass is 276 g/mol. The molecule has 0 amide bonds. The molecule has 1 fully saturated rings. The Balaban J connectivity index is 1.57. The van der Waals surface area contributed by atoms with Gasteiger partial charge < -0.3 is 14.8 Å². The van der Waals surface area contributed by atoms with Crippen LogP contribution in [0.2, 0.25) is 0 Å².